The molecule has 1 N–H and O–H groups in total. The van der Waals surface area contributed by atoms with E-state index in [1.165, 1.54) is 0 Å². The second-order valence-electron chi connectivity index (χ2n) is 5.19. The topological polar surface area (TPSA) is 34.0 Å². The number of halogens is 1. The molecule has 0 aliphatic rings. The van der Waals surface area contributed by atoms with Crippen LogP contribution in [0.3, 0.4) is 0 Å². The van der Waals surface area contributed by atoms with Gasteiger partial charge in [0.05, 0.1) is 0 Å². The first-order chi connectivity index (χ1) is 9.47. The van der Waals surface area contributed by atoms with Crippen LogP contribution in [-0.4, -0.2) is 10.6 Å². The van der Waals surface area contributed by atoms with E-state index >= 15 is 0 Å². The standard InChI is InChI=1S/C16H19ClN2O/c1-11(2)18-9-13-10-19(12(3)7-16(13)20)15-6-4-5-14(17)8-15/h4-8,10-11,18H,9H2,1-3H3. The van der Waals surface area contributed by atoms with E-state index in [1.54, 1.807) is 6.07 Å². The molecule has 1 aromatic carbocycles. The fraction of sp³-hybridized carbons (Fsp3) is 0.312. The molecule has 2 aromatic rings. The summed E-state index contributed by atoms with van der Waals surface area (Å²) in [5, 5.41) is 3.96. The average molecular weight is 291 g/mol. The largest absolute Gasteiger partial charge is 0.321 e. The summed E-state index contributed by atoms with van der Waals surface area (Å²) in [5.41, 5.74) is 2.67. The summed E-state index contributed by atoms with van der Waals surface area (Å²) >= 11 is 6.03. The van der Waals surface area contributed by atoms with Gasteiger partial charge in [0.1, 0.15) is 0 Å². The Morgan fingerprint density at radius 3 is 2.70 bits per heavy atom. The van der Waals surface area contributed by atoms with E-state index in [0.717, 1.165) is 16.9 Å². The lowest BCUT2D eigenvalue weighted by atomic mass is 10.2. The van der Waals surface area contributed by atoms with Crippen molar-refractivity contribution in [2.75, 3.05) is 0 Å². The van der Waals surface area contributed by atoms with Gasteiger partial charge in [-0.25, -0.2) is 0 Å². The molecule has 0 unspecified atom stereocenters. The number of pyridine rings is 1. The third-order valence-electron chi connectivity index (χ3n) is 3.11. The summed E-state index contributed by atoms with van der Waals surface area (Å²) in [4.78, 5) is 12.0. The first kappa shape index (κ1) is 14.8. The van der Waals surface area contributed by atoms with Crippen molar-refractivity contribution < 1.29 is 0 Å². The first-order valence-electron chi connectivity index (χ1n) is 6.69. The molecule has 0 amide bonds. The normalized spacial score (nSPS) is 11.1. The average Bonchev–Trinajstić information content (AvgIpc) is 2.37. The van der Waals surface area contributed by atoms with Gasteiger partial charge in [0.25, 0.3) is 0 Å². The van der Waals surface area contributed by atoms with Gasteiger partial charge in [-0.2, -0.15) is 0 Å². The Balaban J connectivity index is 2.43. The van der Waals surface area contributed by atoms with Crippen LogP contribution in [0.5, 0.6) is 0 Å². The van der Waals surface area contributed by atoms with Crippen molar-refractivity contribution in [2.24, 2.45) is 0 Å². The fourth-order valence-corrected chi connectivity index (χ4v) is 2.21. The number of hydrogen-bond acceptors (Lipinski definition) is 2. The van der Waals surface area contributed by atoms with Crippen LogP contribution in [0.15, 0.2) is 41.3 Å². The van der Waals surface area contributed by atoms with Crippen LogP contribution in [0.4, 0.5) is 0 Å². The van der Waals surface area contributed by atoms with Crippen LogP contribution in [0.25, 0.3) is 5.69 Å². The molecular weight excluding hydrogens is 272 g/mol. The summed E-state index contributed by atoms with van der Waals surface area (Å²) in [7, 11) is 0. The van der Waals surface area contributed by atoms with Gasteiger partial charge in [-0.3, -0.25) is 4.79 Å². The highest BCUT2D eigenvalue weighted by atomic mass is 35.5. The Morgan fingerprint density at radius 2 is 2.05 bits per heavy atom. The Hall–Kier alpha value is -1.58. The minimum absolute atomic E-state index is 0.0638. The molecule has 0 aliphatic carbocycles. The van der Waals surface area contributed by atoms with Gasteiger partial charge in [-0.1, -0.05) is 31.5 Å². The van der Waals surface area contributed by atoms with E-state index < -0.39 is 0 Å². The fourth-order valence-electron chi connectivity index (χ4n) is 2.02. The smallest absolute Gasteiger partial charge is 0.186 e. The van der Waals surface area contributed by atoms with Gasteiger partial charge in [-0.05, 0) is 25.1 Å². The third kappa shape index (κ3) is 3.50. The molecule has 0 saturated heterocycles. The number of rotatable bonds is 4. The second kappa shape index (κ2) is 6.25. The van der Waals surface area contributed by atoms with E-state index in [4.69, 9.17) is 11.6 Å². The Labute approximate surface area is 124 Å². The second-order valence-corrected chi connectivity index (χ2v) is 5.63. The quantitative estimate of drug-likeness (QED) is 0.937. The molecular formula is C16H19ClN2O. The van der Waals surface area contributed by atoms with Gasteiger partial charge in [-0.15, -0.1) is 0 Å². The van der Waals surface area contributed by atoms with Gasteiger partial charge in [0.2, 0.25) is 0 Å². The van der Waals surface area contributed by atoms with Crippen molar-refractivity contribution in [2.45, 2.75) is 33.4 Å². The van der Waals surface area contributed by atoms with Gasteiger partial charge >= 0.3 is 0 Å². The van der Waals surface area contributed by atoms with Crippen molar-refractivity contribution in [3.8, 4) is 5.69 Å². The predicted octanol–water partition coefficient (Wildman–Crippen LogP) is 3.30. The SMILES string of the molecule is Cc1cc(=O)c(CNC(C)C)cn1-c1cccc(Cl)c1. The lowest BCUT2D eigenvalue weighted by Gasteiger charge is -2.14. The van der Waals surface area contributed by atoms with E-state index in [2.05, 4.69) is 19.2 Å². The molecule has 1 heterocycles. The molecule has 0 fully saturated rings. The number of hydrogen-bond donors (Lipinski definition) is 1. The Kier molecular flexibility index (Phi) is 4.63. The number of aromatic nitrogens is 1. The number of nitrogens with one attached hydrogen (secondary N) is 1. The highest BCUT2D eigenvalue weighted by Gasteiger charge is 2.06. The lowest BCUT2D eigenvalue weighted by molar-refractivity contribution is 0.585. The number of aryl methyl sites for hydroxylation is 1. The van der Waals surface area contributed by atoms with Gasteiger partial charge < -0.3 is 9.88 Å². The summed E-state index contributed by atoms with van der Waals surface area (Å²) in [5.74, 6) is 0. The van der Waals surface area contributed by atoms with Crippen LogP contribution >= 0.6 is 11.6 Å². The zero-order valence-electron chi connectivity index (χ0n) is 12.0. The molecule has 0 aliphatic heterocycles. The maximum absolute atomic E-state index is 12.0. The first-order valence-corrected chi connectivity index (χ1v) is 7.06. The predicted molar refractivity (Wildman–Crippen MR) is 83.8 cm³/mol. The molecule has 4 heteroatoms. The molecule has 3 nitrogen and oxygen atoms in total. The van der Waals surface area contributed by atoms with Crippen molar-refractivity contribution in [3.05, 3.63) is 63.0 Å². The monoisotopic (exact) mass is 290 g/mol. The van der Waals surface area contributed by atoms with Crippen LogP contribution in [-0.2, 0) is 6.54 Å². The summed E-state index contributed by atoms with van der Waals surface area (Å²) in [6.45, 7) is 6.60. The maximum atomic E-state index is 12.0. The summed E-state index contributed by atoms with van der Waals surface area (Å²) < 4.78 is 1.99. The third-order valence-corrected chi connectivity index (χ3v) is 3.34. The summed E-state index contributed by atoms with van der Waals surface area (Å²) in [6.07, 6.45) is 1.89. The lowest BCUT2D eigenvalue weighted by Crippen LogP contribution is -2.26. The molecule has 106 valence electrons. The van der Waals surface area contributed by atoms with Crippen molar-refractivity contribution >= 4 is 11.6 Å². The number of nitrogens with zero attached hydrogens (tertiary/aromatic N) is 1. The summed E-state index contributed by atoms with van der Waals surface area (Å²) in [6, 6.07) is 9.61. The molecule has 0 saturated carbocycles. The zero-order valence-corrected chi connectivity index (χ0v) is 12.7. The van der Waals surface area contributed by atoms with Crippen LogP contribution in [0, 0.1) is 6.92 Å². The molecule has 1 aromatic heterocycles. The Morgan fingerprint density at radius 1 is 1.30 bits per heavy atom. The molecule has 2 rings (SSSR count). The Bertz CT molecular complexity index is 662. The molecule has 0 spiro atoms. The van der Waals surface area contributed by atoms with Crippen LogP contribution in [0.2, 0.25) is 5.02 Å². The molecule has 0 radical (unpaired) electrons. The van der Waals surface area contributed by atoms with Crippen LogP contribution < -0.4 is 10.7 Å². The van der Waals surface area contributed by atoms with Crippen LogP contribution in [0.1, 0.15) is 25.1 Å². The minimum atomic E-state index is 0.0638. The molecule has 0 atom stereocenters. The number of benzene rings is 1. The van der Waals surface area contributed by atoms with E-state index in [9.17, 15) is 4.79 Å². The zero-order chi connectivity index (χ0) is 14.7. The van der Waals surface area contributed by atoms with Crippen molar-refractivity contribution in [1.29, 1.82) is 0 Å². The highest BCUT2D eigenvalue weighted by molar-refractivity contribution is 6.30. The maximum Gasteiger partial charge on any atom is 0.186 e. The van der Waals surface area contributed by atoms with Gasteiger partial charge in [0.15, 0.2) is 5.43 Å². The van der Waals surface area contributed by atoms with Crippen molar-refractivity contribution in [1.82, 2.24) is 9.88 Å². The van der Waals surface area contributed by atoms with E-state index in [0.29, 0.717) is 17.6 Å². The molecule has 20 heavy (non-hydrogen) atoms. The highest BCUT2D eigenvalue weighted by Crippen LogP contribution is 2.16. The van der Waals surface area contributed by atoms with E-state index in [1.807, 2.05) is 42.0 Å². The minimum Gasteiger partial charge on any atom is -0.321 e. The molecule has 0 bridgehead atoms. The van der Waals surface area contributed by atoms with Gasteiger partial charge in [0, 0.05) is 46.8 Å². The van der Waals surface area contributed by atoms with Crippen molar-refractivity contribution in [3.63, 3.8) is 0 Å². The van der Waals surface area contributed by atoms with E-state index in [-0.39, 0.29) is 5.43 Å².